The number of allylic oxidation sites excluding steroid dienone is 1. The van der Waals surface area contributed by atoms with Gasteiger partial charge in [-0.3, -0.25) is 0 Å². The normalized spacial score (nSPS) is 20.4. The predicted molar refractivity (Wildman–Crippen MR) is 79.9 cm³/mol. The third-order valence-electron chi connectivity index (χ3n) is 4.26. The minimum Gasteiger partial charge on any atom is -0.388 e. The monoisotopic (exact) mass is 248 g/mol. The first-order chi connectivity index (χ1) is 9.34. The van der Waals surface area contributed by atoms with Gasteiger partial charge in [-0.25, -0.2) is 0 Å². The van der Waals surface area contributed by atoms with E-state index in [0.717, 1.165) is 30.4 Å². The summed E-state index contributed by atoms with van der Waals surface area (Å²) >= 11 is 0. The SMILES string of the molecule is OC1CC=Cc2ccc3c4c(ccc3c21)CCC=C4. The summed E-state index contributed by atoms with van der Waals surface area (Å²) in [6, 6.07) is 8.76. The molecule has 0 heterocycles. The highest BCUT2D eigenvalue weighted by Crippen LogP contribution is 2.37. The average Bonchev–Trinajstić information content (AvgIpc) is 2.46. The summed E-state index contributed by atoms with van der Waals surface area (Å²) in [6.07, 6.45) is 11.3. The van der Waals surface area contributed by atoms with Crippen LogP contribution >= 0.6 is 0 Å². The Labute approximate surface area is 112 Å². The van der Waals surface area contributed by atoms with Gasteiger partial charge in [0.25, 0.3) is 0 Å². The third-order valence-corrected chi connectivity index (χ3v) is 4.26. The lowest BCUT2D eigenvalue weighted by molar-refractivity contribution is 0.182. The molecule has 1 nitrogen and oxygen atoms in total. The fourth-order valence-electron chi connectivity index (χ4n) is 3.33. The summed E-state index contributed by atoms with van der Waals surface area (Å²) in [5, 5.41) is 12.8. The first-order valence-corrected chi connectivity index (χ1v) is 6.94. The smallest absolute Gasteiger partial charge is 0.0836 e. The molecule has 1 atom stereocenters. The molecule has 2 aliphatic rings. The van der Waals surface area contributed by atoms with Gasteiger partial charge in [0.1, 0.15) is 0 Å². The summed E-state index contributed by atoms with van der Waals surface area (Å²) in [6.45, 7) is 0. The van der Waals surface area contributed by atoms with Gasteiger partial charge in [0.2, 0.25) is 0 Å². The van der Waals surface area contributed by atoms with Crippen LogP contribution in [0.15, 0.2) is 36.4 Å². The second kappa shape index (κ2) is 4.07. The van der Waals surface area contributed by atoms with Crippen molar-refractivity contribution in [3.63, 3.8) is 0 Å². The predicted octanol–water partition coefficient (Wildman–Crippen LogP) is 4.25. The van der Waals surface area contributed by atoms with Crippen LogP contribution in [0.2, 0.25) is 0 Å². The van der Waals surface area contributed by atoms with E-state index in [0.29, 0.717) is 0 Å². The van der Waals surface area contributed by atoms with Gasteiger partial charge in [0.05, 0.1) is 6.10 Å². The van der Waals surface area contributed by atoms with Crippen LogP contribution in [-0.2, 0) is 6.42 Å². The summed E-state index contributed by atoms with van der Waals surface area (Å²) in [5.74, 6) is 0. The molecule has 0 saturated carbocycles. The van der Waals surface area contributed by atoms with Crippen molar-refractivity contribution in [2.75, 3.05) is 0 Å². The Morgan fingerprint density at radius 1 is 0.947 bits per heavy atom. The lowest BCUT2D eigenvalue weighted by atomic mass is 9.85. The first-order valence-electron chi connectivity index (χ1n) is 6.94. The van der Waals surface area contributed by atoms with Crippen LogP contribution < -0.4 is 0 Å². The van der Waals surface area contributed by atoms with Crippen molar-refractivity contribution in [1.82, 2.24) is 0 Å². The van der Waals surface area contributed by atoms with Crippen LogP contribution in [0, 0.1) is 0 Å². The van der Waals surface area contributed by atoms with Crippen molar-refractivity contribution < 1.29 is 5.11 Å². The summed E-state index contributed by atoms with van der Waals surface area (Å²) in [5.41, 5.74) is 5.02. The molecule has 0 aliphatic heterocycles. The van der Waals surface area contributed by atoms with Gasteiger partial charge in [-0.15, -0.1) is 0 Å². The van der Waals surface area contributed by atoms with Crippen LogP contribution in [-0.4, -0.2) is 5.11 Å². The van der Waals surface area contributed by atoms with Crippen LogP contribution in [0.5, 0.6) is 0 Å². The van der Waals surface area contributed by atoms with Crippen molar-refractivity contribution in [1.29, 1.82) is 0 Å². The number of fused-ring (bicyclic) bond motifs is 5. The number of aliphatic hydroxyl groups excluding tert-OH is 1. The number of rotatable bonds is 0. The molecule has 1 heteroatoms. The fourth-order valence-corrected chi connectivity index (χ4v) is 3.33. The molecule has 0 fully saturated rings. The Bertz CT molecular complexity index is 722. The van der Waals surface area contributed by atoms with E-state index in [1.54, 1.807) is 0 Å². The molecule has 1 unspecified atom stereocenters. The van der Waals surface area contributed by atoms with Gasteiger partial charge in [-0.2, -0.15) is 0 Å². The van der Waals surface area contributed by atoms with Crippen LogP contribution in [0.1, 0.15) is 41.2 Å². The second-order valence-electron chi connectivity index (χ2n) is 5.40. The molecule has 0 amide bonds. The van der Waals surface area contributed by atoms with E-state index < -0.39 is 0 Å². The highest BCUT2D eigenvalue weighted by Gasteiger charge is 2.19. The van der Waals surface area contributed by atoms with E-state index in [2.05, 4.69) is 48.6 Å². The molecule has 2 aromatic rings. The molecule has 0 radical (unpaired) electrons. The van der Waals surface area contributed by atoms with Crippen molar-refractivity contribution in [3.8, 4) is 0 Å². The average molecular weight is 248 g/mol. The zero-order valence-electron chi connectivity index (χ0n) is 10.8. The van der Waals surface area contributed by atoms with E-state index in [1.807, 2.05) is 0 Å². The fraction of sp³-hybridized carbons (Fsp3) is 0.222. The Kier molecular flexibility index (Phi) is 2.36. The molecule has 0 saturated heterocycles. The van der Waals surface area contributed by atoms with Crippen LogP contribution in [0.25, 0.3) is 22.9 Å². The molecule has 94 valence electrons. The van der Waals surface area contributed by atoms with Gasteiger partial charge in [0, 0.05) is 0 Å². The van der Waals surface area contributed by atoms with E-state index in [1.165, 1.54) is 21.9 Å². The number of benzene rings is 2. The van der Waals surface area contributed by atoms with Gasteiger partial charge in [-0.1, -0.05) is 48.6 Å². The molecular weight excluding hydrogens is 232 g/mol. The quantitative estimate of drug-likeness (QED) is 0.739. The van der Waals surface area contributed by atoms with Crippen molar-refractivity contribution >= 4 is 22.9 Å². The van der Waals surface area contributed by atoms with Gasteiger partial charge < -0.3 is 5.11 Å². The largest absolute Gasteiger partial charge is 0.388 e. The lowest BCUT2D eigenvalue weighted by Gasteiger charge is -2.21. The summed E-state index contributed by atoms with van der Waals surface area (Å²) < 4.78 is 0. The van der Waals surface area contributed by atoms with E-state index in [-0.39, 0.29) is 6.10 Å². The van der Waals surface area contributed by atoms with Crippen molar-refractivity contribution in [2.45, 2.75) is 25.4 Å². The van der Waals surface area contributed by atoms with E-state index in [9.17, 15) is 5.11 Å². The van der Waals surface area contributed by atoms with Gasteiger partial charge in [0.15, 0.2) is 0 Å². The molecule has 0 bridgehead atoms. The standard InChI is InChI=1S/C18H16O/c19-17-7-3-5-13-9-10-15-14-6-2-1-4-12(14)8-11-16(15)18(13)17/h2-3,5-6,8-11,17,19H,1,4,7H2. The molecule has 0 aromatic heterocycles. The number of aliphatic hydroxyl groups is 1. The minimum absolute atomic E-state index is 0.366. The lowest BCUT2D eigenvalue weighted by Crippen LogP contribution is -2.05. The molecule has 0 spiro atoms. The van der Waals surface area contributed by atoms with Gasteiger partial charge >= 0.3 is 0 Å². The Morgan fingerprint density at radius 2 is 1.84 bits per heavy atom. The summed E-state index contributed by atoms with van der Waals surface area (Å²) in [7, 11) is 0. The third kappa shape index (κ3) is 1.58. The minimum atomic E-state index is -0.366. The summed E-state index contributed by atoms with van der Waals surface area (Å²) in [4.78, 5) is 0. The molecule has 2 aromatic carbocycles. The highest BCUT2D eigenvalue weighted by atomic mass is 16.3. The zero-order valence-corrected chi connectivity index (χ0v) is 10.8. The second-order valence-corrected chi connectivity index (χ2v) is 5.40. The number of hydrogen-bond donors (Lipinski definition) is 1. The molecule has 2 aliphatic carbocycles. The molecule has 4 rings (SSSR count). The number of aryl methyl sites for hydroxylation is 1. The van der Waals surface area contributed by atoms with E-state index >= 15 is 0 Å². The Balaban J connectivity index is 2.09. The van der Waals surface area contributed by atoms with Crippen molar-refractivity contribution in [2.24, 2.45) is 0 Å². The molecule has 19 heavy (non-hydrogen) atoms. The van der Waals surface area contributed by atoms with Crippen molar-refractivity contribution in [3.05, 3.63) is 58.7 Å². The highest BCUT2D eigenvalue weighted by molar-refractivity contribution is 5.96. The Morgan fingerprint density at radius 3 is 2.79 bits per heavy atom. The maximum absolute atomic E-state index is 10.3. The maximum atomic E-state index is 10.3. The van der Waals surface area contributed by atoms with E-state index in [4.69, 9.17) is 0 Å². The topological polar surface area (TPSA) is 20.2 Å². The molecule has 1 N–H and O–H groups in total. The molecular formula is C18H16O. The zero-order chi connectivity index (χ0) is 12.8. The Hall–Kier alpha value is -1.86. The van der Waals surface area contributed by atoms with Crippen LogP contribution in [0.4, 0.5) is 0 Å². The van der Waals surface area contributed by atoms with Crippen LogP contribution in [0.3, 0.4) is 0 Å². The number of hydrogen-bond acceptors (Lipinski definition) is 1. The van der Waals surface area contributed by atoms with Gasteiger partial charge in [-0.05, 0) is 52.3 Å². The first kappa shape index (κ1) is 11.0. The maximum Gasteiger partial charge on any atom is 0.0836 e.